The van der Waals surface area contributed by atoms with E-state index in [9.17, 15) is 18.9 Å². The summed E-state index contributed by atoms with van der Waals surface area (Å²) in [7, 11) is -4.69. The molecule has 1 unspecified atom stereocenters. The number of nitrogens with zero attached hydrogens (tertiary/aromatic N) is 2. The summed E-state index contributed by atoms with van der Waals surface area (Å²) in [6, 6.07) is 23.0. The second-order valence-corrected chi connectivity index (χ2v) is 12.9. The summed E-state index contributed by atoms with van der Waals surface area (Å²) < 4.78 is 15.6. The quantitative estimate of drug-likeness (QED) is 0.214. The van der Waals surface area contributed by atoms with Gasteiger partial charge in [-0.05, 0) is 72.7 Å². The highest BCUT2D eigenvalue weighted by atomic mass is 31.2. The molecule has 0 aliphatic carbocycles. The Bertz CT molecular complexity index is 1510. The first-order valence-electron chi connectivity index (χ1n) is 14.3. The SMILES string of the molecule is C/C(=C\C(=O)N[C@H](C(=O)N1CCCC1C(=O)N(c1ccccc1)c1ccccc1)C(C)(C)C)c1ccc(OP(=O)(O)O)cc1. The van der Waals surface area contributed by atoms with Crippen LogP contribution >= 0.6 is 7.82 Å². The lowest BCUT2D eigenvalue weighted by atomic mass is 9.85. The van der Waals surface area contributed by atoms with Crippen LogP contribution in [0.1, 0.15) is 46.1 Å². The van der Waals surface area contributed by atoms with E-state index >= 15 is 0 Å². The predicted octanol–water partition coefficient (Wildman–Crippen LogP) is 5.45. The first-order chi connectivity index (χ1) is 20.7. The number of phosphoric ester groups is 1. The van der Waals surface area contributed by atoms with Crippen LogP contribution in [0.5, 0.6) is 5.75 Å². The molecule has 3 amide bonds. The van der Waals surface area contributed by atoms with Gasteiger partial charge in [0.15, 0.2) is 0 Å². The van der Waals surface area contributed by atoms with Crippen LogP contribution in [0.4, 0.5) is 11.4 Å². The molecule has 0 aromatic heterocycles. The van der Waals surface area contributed by atoms with Crippen molar-refractivity contribution < 1.29 is 33.3 Å². The number of hydrogen-bond donors (Lipinski definition) is 3. The highest BCUT2D eigenvalue weighted by Crippen LogP contribution is 2.38. The molecule has 3 N–H and O–H groups in total. The van der Waals surface area contributed by atoms with E-state index in [0.29, 0.717) is 41.9 Å². The van der Waals surface area contributed by atoms with Crippen molar-refractivity contribution >= 4 is 42.5 Å². The Kier molecular flexibility index (Phi) is 10.1. The number of nitrogens with one attached hydrogen (secondary N) is 1. The molecule has 1 saturated heterocycles. The largest absolute Gasteiger partial charge is 0.524 e. The minimum absolute atomic E-state index is 0.00876. The van der Waals surface area contributed by atoms with Crippen molar-refractivity contribution in [3.63, 3.8) is 0 Å². The van der Waals surface area contributed by atoms with Crippen molar-refractivity contribution in [3.05, 3.63) is 96.6 Å². The summed E-state index contributed by atoms with van der Waals surface area (Å²) in [5, 5.41) is 2.87. The van der Waals surface area contributed by atoms with E-state index < -0.39 is 31.2 Å². The lowest BCUT2D eigenvalue weighted by Crippen LogP contribution is -2.57. The van der Waals surface area contributed by atoms with Gasteiger partial charge in [0.1, 0.15) is 17.8 Å². The van der Waals surface area contributed by atoms with Gasteiger partial charge in [-0.3, -0.25) is 29.1 Å². The van der Waals surface area contributed by atoms with Gasteiger partial charge in [0, 0.05) is 24.0 Å². The Morgan fingerprint density at radius 3 is 2.00 bits per heavy atom. The van der Waals surface area contributed by atoms with Crippen molar-refractivity contribution in [2.24, 2.45) is 5.41 Å². The van der Waals surface area contributed by atoms with Gasteiger partial charge >= 0.3 is 7.82 Å². The van der Waals surface area contributed by atoms with Crippen LogP contribution in [0.3, 0.4) is 0 Å². The van der Waals surface area contributed by atoms with Gasteiger partial charge in [0.2, 0.25) is 11.8 Å². The lowest BCUT2D eigenvalue weighted by molar-refractivity contribution is -0.142. The van der Waals surface area contributed by atoms with Gasteiger partial charge < -0.3 is 14.7 Å². The fraction of sp³-hybridized carbons (Fsp3) is 0.303. The van der Waals surface area contributed by atoms with E-state index in [1.54, 1.807) is 28.9 Å². The number of hydrogen-bond acceptors (Lipinski definition) is 5. The van der Waals surface area contributed by atoms with Gasteiger partial charge in [0.25, 0.3) is 5.91 Å². The zero-order valence-corrected chi connectivity index (χ0v) is 26.1. The fourth-order valence-corrected chi connectivity index (χ4v) is 5.58. The Labute approximate surface area is 257 Å². The molecular weight excluding hydrogens is 581 g/mol. The number of rotatable bonds is 9. The number of anilines is 2. The molecule has 11 heteroatoms. The van der Waals surface area contributed by atoms with Crippen LogP contribution in [-0.4, -0.2) is 51.0 Å². The first-order valence-corrected chi connectivity index (χ1v) is 15.9. The van der Waals surface area contributed by atoms with Crippen LogP contribution in [0.25, 0.3) is 5.57 Å². The van der Waals surface area contributed by atoms with Crippen LogP contribution in [-0.2, 0) is 18.9 Å². The molecule has 1 heterocycles. The van der Waals surface area contributed by atoms with E-state index in [1.807, 2.05) is 81.4 Å². The molecule has 1 aliphatic heterocycles. The molecule has 4 rings (SSSR count). The molecule has 1 aliphatic rings. The summed E-state index contributed by atoms with van der Waals surface area (Å²) >= 11 is 0. The molecule has 0 bridgehead atoms. The number of amides is 3. The molecule has 10 nitrogen and oxygen atoms in total. The fourth-order valence-electron chi connectivity index (χ4n) is 5.19. The monoisotopic (exact) mass is 619 g/mol. The third kappa shape index (κ3) is 8.23. The van der Waals surface area contributed by atoms with Gasteiger partial charge in [0.05, 0.1) is 0 Å². The van der Waals surface area contributed by atoms with Crippen LogP contribution in [0.15, 0.2) is 91.0 Å². The molecule has 44 heavy (non-hydrogen) atoms. The zero-order chi connectivity index (χ0) is 32.1. The summed E-state index contributed by atoms with van der Waals surface area (Å²) in [6.07, 6.45) is 2.53. The van der Waals surface area contributed by atoms with Crippen molar-refractivity contribution in [2.75, 3.05) is 11.4 Å². The van der Waals surface area contributed by atoms with Gasteiger partial charge in [-0.25, -0.2) is 4.57 Å². The predicted molar refractivity (Wildman–Crippen MR) is 169 cm³/mol. The maximum Gasteiger partial charge on any atom is 0.524 e. The van der Waals surface area contributed by atoms with E-state index in [-0.39, 0.29) is 17.6 Å². The minimum Gasteiger partial charge on any atom is -0.404 e. The standard InChI is InChI=1S/C33H38N3O7P/c1-23(24-17-19-27(20-18-24)43-44(40,41)42)22-29(37)34-30(33(2,3)4)32(39)35-21-11-16-28(35)31(38)36(25-12-7-5-8-13-25)26-14-9-6-10-15-26/h5-10,12-15,17-20,22,28,30H,11,16,21H2,1-4H3,(H,34,37)(H2,40,41,42)/b23-22+/t28?,30-/m1/s1. The Balaban J connectivity index is 1.54. The summed E-state index contributed by atoms with van der Waals surface area (Å²) in [6.45, 7) is 7.69. The third-order valence-electron chi connectivity index (χ3n) is 7.35. The van der Waals surface area contributed by atoms with Crippen LogP contribution in [0.2, 0.25) is 0 Å². The molecule has 2 atom stereocenters. The Morgan fingerprint density at radius 2 is 1.50 bits per heavy atom. The highest BCUT2D eigenvalue weighted by Gasteiger charge is 2.43. The number of carbonyl (C=O) groups excluding carboxylic acids is 3. The molecule has 232 valence electrons. The molecule has 0 radical (unpaired) electrons. The first kappa shape index (κ1) is 32.7. The zero-order valence-electron chi connectivity index (χ0n) is 25.2. The number of para-hydroxylation sites is 2. The van der Waals surface area contributed by atoms with Crippen molar-refractivity contribution in [1.82, 2.24) is 10.2 Å². The second kappa shape index (κ2) is 13.6. The maximum atomic E-state index is 14.1. The minimum atomic E-state index is -4.69. The summed E-state index contributed by atoms with van der Waals surface area (Å²) in [4.78, 5) is 62.6. The highest BCUT2D eigenvalue weighted by molar-refractivity contribution is 7.46. The van der Waals surface area contributed by atoms with Gasteiger partial charge in [-0.15, -0.1) is 0 Å². The van der Waals surface area contributed by atoms with Gasteiger partial charge in [-0.1, -0.05) is 69.3 Å². The number of phosphoric acid groups is 1. The Morgan fingerprint density at radius 1 is 0.955 bits per heavy atom. The summed E-state index contributed by atoms with van der Waals surface area (Å²) in [5.41, 5.74) is 1.94. The number of benzene rings is 3. The average molecular weight is 620 g/mol. The number of allylic oxidation sites excluding steroid dienone is 1. The van der Waals surface area contributed by atoms with E-state index in [1.165, 1.54) is 18.2 Å². The average Bonchev–Trinajstić information content (AvgIpc) is 3.46. The number of carbonyl (C=O) groups is 3. The number of likely N-dealkylation sites (tertiary alicyclic amines) is 1. The van der Waals surface area contributed by atoms with E-state index in [2.05, 4.69) is 9.84 Å². The third-order valence-corrected chi connectivity index (χ3v) is 7.80. The molecule has 0 saturated carbocycles. The normalized spacial score (nSPS) is 16.3. The second-order valence-electron chi connectivity index (χ2n) is 11.8. The van der Waals surface area contributed by atoms with E-state index in [0.717, 1.165) is 0 Å². The Hall–Kier alpha value is -4.24. The van der Waals surface area contributed by atoms with Crippen molar-refractivity contribution in [1.29, 1.82) is 0 Å². The lowest BCUT2D eigenvalue weighted by Gasteiger charge is -2.36. The van der Waals surface area contributed by atoms with E-state index in [4.69, 9.17) is 9.79 Å². The van der Waals surface area contributed by atoms with Crippen molar-refractivity contribution in [3.8, 4) is 5.75 Å². The molecule has 1 fully saturated rings. The smallest absolute Gasteiger partial charge is 0.404 e. The van der Waals surface area contributed by atoms with Crippen molar-refractivity contribution in [2.45, 2.75) is 52.6 Å². The molecule has 3 aromatic rings. The molecule has 0 spiro atoms. The van der Waals surface area contributed by atoms with Crippen LogP contribution in [0, 0.1) is 5.41 Å². The maximum absolute atomic E-state index is 14.1. The van der Waals surface area contributed by atoms with Gasteiger partial charge in [-0.2, -0.15) is 0 Å². The summed E-state index contributed by atoms with van der Waals surface area (Å²) in [5.74, 6) is -1.03. The molecule has 3 aromatic carbocycles. The molecular formula is C33H38N3O7P. The topological polar surface area (TPSA) is 136 Å². The van der Waals surface area contributed by atoms with Crippen LogP contribution < -0.4 is 14.7 Å².